The lowest BCUT2D eigenvalue weighted by atomic mass is 10.5. The summed E-state index contributed by atoms with van der Waals surface area (Å²) in [6.07, 6.45) is 8.02. The van der Waals surface area contributed by atoms with E-state index >= 15 is 0 Å². The van der Waals surface area contributed by atoms with Crippen LogP contribution >= 0.6 is 11.8 Å². The molecule has 0 aromatic carbocycles. The highest BCUT2D eigenvalue weighted by atomic mass is 32.2. The van der Waals surface area contributed by atoms with Crippen molar-refractivity contribution in [1.29, 1.82) is 0 Å². The Kier molecular flexibility index (Phi) is 4.25. The first-order chi connectivity index (χ1) is 8.35. The van der Waals surface area contributed by atoms with E-state index in [1.54, 1.807) is 11.8 Å². The molecule has 0 spiro atoms. The standard InChI is InChI=1S/C12H18N4S/c1-3-5-13-10-9-16-7-6-14-11(16)12(15-10)17-8-4-2/h6-7,9,13H,3-5,8H2,1-2H3. The fourth-order valence-corrected chi connectivity index (χ4v) is 2.38. The molecule has 0 saturated carbocycles. The van der Waals surface area contributed by atoms with Crippen LogP contribution in [0, 0.1) is 0 Å². The van der Waals surface area contributed by atoms with Crippen LogP contribution in [0.1, 0.15) is 26.7 Å². The minimum absolute atomic E-state index is 0.927. The maximum Gasteiger partial charge on any atom is 0.169 e. The predicted molar refractivity (Wildman–Crippen MR) is 72.8 cm³/mol. The van der Waals surface area contributed by atoms with Gasteiger partial charge in [0.05, 0.1) is 6.20 Å². The molecule has 0 fully saturated rings. The van der Waals surface area contributed by atoms with Crippen LogP contribution in [-0.2, 0) is 0 Å². The Hall–Kier alpha value is -1.23. The van der Waals surface area contributed by atoms with Crippen molar-refractivity contribution in [1.82, 2.24) is 14.4 Å². The van der Waals surface area contributed by atoms with Crippen LogP contribution in [0.2, 0.25) is 0 Å². The van der Waals surface area contributed by atoms with E-state index in [1.807, 2.05) is 23.0 Å². The van der Waals surface area contributed by atoms with Gasteiger partial charge in [-0.1, -0.05) is 13.8 Å². The smallest absolute Gasteiger partial charge is 0.169 e. The third kappa shape index (κ3) is 2.91. The molecule has 0 aliphatic rings. The first kappa shape index (κ1) is 12.2. The van der Waals surface area contributed by atoms with E-state index in [4.69, 9.17) is 0 Å². The number of nitrogens with zero attached hydrogens (tertiary/aromatic N) is 3. The second-order valence-electron chi connectivity index (χ2n) is 3.86. The third-order valence-corrected chi connectivity index (χ3v) is 3.50. The van der Waals surface area contributed by atoms with Crippen molar-refractivity contribution in [2.75, 3.05) is 17.6 Å². The van der Waals surface area contributed by atoms with Crippen LogP contribution in [-0.4, -0.2) is 26.7 Å². The quantitative estimate of drug-likeness (QED) is 0.800. The summed E-state index contributed by atoms with van der Waals surface area (Å²) in [5, 5.41) is 4.33. The highest BCUT2D eigenvalue weighted by molar-refractivity contribution is 7.99. The summed E-state index contributed by atoms with van der Waals surface area (Å²) < 4.78 is 2.03. The van der Waals surface area contributed by atoms with Gasteiger partial charge >= 0.3 is 0 Å². The van der Waals surface area contributed by atoms with Gasteiger partial charge in [-0.05, 0) is 18.6 Å². The van der Waals surface area contributed by atoms with Crippen molar-refractivity contribution in [3.05, 3.63) is 18.6 Å². The van der Waals surface area contributed by atoms with Gasteiger partial charge in [-0.3, -0.25) is 0 Å². The zero-order valence-electron chi connectivity index (χ0n) is 10.3. The van der Waals surface area contributed by atoms with E-state index < -0.39 is 0 Å². The van der Waals surface area contributed by atoms with Crippen molar-refractivity contribution >= 4 is 23.2 Å². The number of hydrogen-bond donors (Lipinski definition) is 1. The fourth-order valence-electron chi connectivity index (χ4n) is 1.54. The lowest BCUT2D eigenvalue weighted by Gasteiger charge is -2.08. The average molecular weight is 250 g/mol. The molecule has 0 aliphatic heterocycles. The van der Waals surface area contributed by atoms with E-state index in [-0.39, 0.29) is 0 Å². The summed E-state index contributed by atoms with van der Waals surface area (Å²) >= 11 is 1.77. The van der Waals surface area contributed by atoms with E-state index in [1.165, 1.54) is 0 Å². The molecular weight excluding hydrogens is 232 g/mol. The Balaban J connectivity index is 2.29. The van der Waals surface area contributed by atoms with Gasteiger partial charge in [-0.15, -0.1) is 11.8 Å². The van der Waals surface area contributed by atoms with Gasteiger partial charge in [0.25, 0.3) is 0 Å². The molecule has 0 saturated heterocycles. The molecule has 2 heterocycles. The van der Waals surface area contributed by atoms with Crippen LogP contribution in [0.25, 0.3) is 5.65 Å². The first-order valence-electron chi connectivity index (χ1n) is 6.05. The molecule has 0 bridgehead atoms. The minimum atomic E-state index is 0.927. The molecule has 2 rings (SSSR count). The number of thioether (sulfide) groups is 1. The molecular formula is C12H18N4S. The number of aromatic nitrogens is 3. The third-order valence-electron chi connectivity index (χ3n) is 2.34. The summed E-state index contributed by atoms with van der Waals surface area (Å²) in [5.41, 5.74) is 0.950. The molecule has 1 N–H and O–H groups in total. The Morgan fingerprint density at radius 2 is 2.24 bits per heavy atom. The van der Waals surface area contributed by atoms with E-state index in [9.17, 15) is 0 Å². The van der Waals surface area contributed by atoms with Gasteiger partial charge in [-0.2, -0.15) is 0 Å². The zero-order chi connectivity index (χ0) is 12.1. The topological polar surface area (TPSA) is 42.2 Å². The molecule has 92 valence electrons. The normalized spacial score (nSPS) is 10.9. The van der Waals surface area contributed by atoms with E-state index in [0.29, 0.717) is 0 Å². The van der Waals surface area contributed by atoms with Crippen LogP contribution in [0.3, 0.4) is 0 Å². The van der Waals surface area contributed by atoms with Crippen LogP contribution < -0.4 is 5.32 Å². The largest absolute Gasteiger partial charge is 0.369 e. The number of nitrogens with one attached hydrogen (secondary N) is 1. The summed E-state index contributed by atoms with van der Waals surface area (Å²) in [5.74, 6) is 2.00. The summed E-state index contributed by atoms with van der Waals surface area (Å²) in [6.45, 7) is 5.27. The van der Waals surface area contributed by atoms with Gasteiger partial charge in [0.15, 0.2) is 5.65 Å². The van der Waals surface area contributed by atoms with Crippen LogP contribution in [0.4, 0.5) is 5.82 Å². The molecule has 0 amide bonds. The molecule has 0 unspecified atom stereocenters. The van der Waals surface area contributed by atoms with Crippen molar-refractivity contribution in [2.24, 2.45) is 0 Å². The predicted octanol–water partition coefficient (Wildman–Crippen LogP) is 3.05. The Morgan fingerprint density at radius 1 is 1.35 bits per heavy atom. The molecule has 17 heavy (non-hydrogen) atoms. The minimum Gasteiger partial charge on any atom is -0.369 e. The van der Waals surface area contributed by atoms with E-state index in [2.05, 4.69) is 29.1 Å². The molecule has 5 heteroatoms. The lowest BCUT2D eigenvalue weighted by Crippen LogP contribution is -2.04. The van der Waals surface area contributed by atoms with Crippen molar-refractivity contribution in [3.63, 3.8) is 0 Å². The Bertz CT molecular complexity index is 480. The van der Waals surface area contributed by atoms with Crippen LogP contribution in [0.15, 0.2) is 23.6 Å². The molecule has 0 radical (unpaired) electrons. The van der Waals surface area contributed by atoms with Crippen LogP contribution in [0.5, 0.6) is 0 Å². The summed E-state index contributed by atoms with van der Waals surface area (Å²) in [6, 6.07) is 0. The molecule has 0 aliphatic carbocycles. The van der Waals surface area contributed by atoms with Crippen molar-refractivity contribution in [3.8, 4) is 0 Å². The molecule has 0 atom stereocenters. The fraction of sp³-hybridized carbons (Fsp3) is 0.500. The Labute approximate surface area is 106 Å². The van der Waals surface area contributed by atoms with Gasteiger partial charge in [0.2, 0.25) is 0 Å². The maximum atomic E-state index is 4.62. The summed E-state index contributed by atoms with van der Waals surface area (Å²) in [4.78, 5) is 8.96. The lowest BCUT2D eigenvalue weighted by molar-refractivity contribution is 0.944. The first-order valence-corrected chi connectivity index (χ1v) is 7.04. The highest BCUT2D eigenvalue weighted by Crippen LogP contribution is 2.23. The number of anilines is 1. The Morgan fingerprint density at radius 3 is 3.00 bits per heavy atom. The number of hydrogen-bond acceptors (Lipinski definition) is 4. The van der Waals surface area contributed by atoms with Crippen molar-refractivity contribution in [2.45, 2.75) is 31.7 Å². The maximum absolute atomic E-state index is 4.62. The van der Waals surface area contributed by atoms with Gasteiger partial charge in [-0.25, -0.2) is 9.97 Å². The average Bonchev–Trinajstić information content (AvgIpc) is 2.81. The zero-order valence-corrected chi connectivity index (χ0v) is 11.1. The van der Waals surface area contributed by atoms with Gasteiger partial charge in [0, 0.05) is 18.9 Å². The second-order valence-corrected chi connectivity index (χ2v) is 4.95. The summed E-state index contributed by atoms with van der Waals surface area (Å²) in [7, 11) is 0. The molecule has 2 aromatic heterocycles. The van der Waals surface area contributed by atoms with Gasteiger partial charge < -0.3 is 9.72 Å². The highest BCUT2D eigenvalue weighted by Gasteiger charge is 2.07. The van der Waals surface area contributed by atoms with E-state index in [0.717, 1.165) is 41.6 Å². The number of fused-ring (bicyclic) bond motifs is 1. The second kappa shape index (κ2) is 5.91. The number of imidazole rings is 1. The van der Waals surface area contributed by atoms with Gasteiger partial charge in [0.1, 0.15) is 10.8 Å². The monoisotopic (exact) mass is 250 g/mol. The SMILES string of the molecule is CCCNc1cn2ccnc2c(SCCC)n1. The molecule has 2 aromatic rings. The molecule has 4 nitrogen and oxygen atoms in total. The number of rotatable bonds is 6. The van der Waals surface area contributed by atoms with Crippen molar-refractivity contribution < 1.29 is 0 Å².